The van der Waals surface area contributed by atoms with Gasteiger partial charge in [-0.05, 0) is 31.2 Å². The number of hydrogen-bond acceptors (Lipinski definition) is 4. The van der Waals surface area contributed by atoms with Crippen LogP contribution in [0, 0.1) is 17.2 Å². The zero-order chi connectivity index (χ0) is 13.7. The maximum Gasteiger partial charge on any atom is 0.240 e. The molecule has 5 nitrogen and oxygen atoms in total. The van der Waals surface area contributed by atoms with E-state index in [1.165, 1.54) is 0 Å². The Labute approximate surface area is 113 Å². The lowest BCUT2D eigenvalue weighted by Gasteiger charge is -2.33. The first-order valence-electron chi connectivity index (χ1n) is 6.46. The minimum atomic E-state index is -0.592. The summed E-state index contributed by atoms with van der Waals surface area (Å²) in [5.74, 6) is -0.641. The van der Waals surface area contributed by atoms with Crippen LogP contribution >= 0.6 is 0 Å². The predicted molar refractivity (Wildman–Crippen MR) is 71.1 cm³/mol. The number of likely N-dealkylation sites (N-methyl/N-ethyl adjacent to an activating group) is 1. The van der Waals surface area contributed by atoms with Gasteiger partial charge in [0.05, 0.1) is 6.07 Å². The largest absolute Gasteiger partial charge is 0.339 e. The highest BCUT2D eigenvalue weighted by molar-refractivity contribution is 5.81. The topological polar surface area (TPSA) is 60.2 Å². The van der Waals surface area contributed by atoms with E-state index in [2.05, 4.69) is 16.0 Å². The lowest BCUT2D eigenvalue weighted by atomic mass is 10.00. The van der Waals surface area contributed by atoms with E-state index in [-0.39, 0.29) is 5.91 Å². The third-order valence-electron chi connectivity index (χ3n) is 3.46. The van der Waals surface area contributed by atoms with Gasteiger partial charge in [0, 0.05) is 38.6 Å². The van der Waals surface area contributed by atoms with E-state index in [0.29, 0.717) is 19.5 Å². The fourth-order valence-corrected chi connectivity index (χ4v) is 2.19. The van der Waals surface area contributed by atoms with Gasteiger partial charge in [0.1, 0.15) is 5.92 Å². The number of aromatic nitrogens is 1. The van der Waals surface area contributed by atoms with Crippen molar-refractivity contribution in [3.63, 3.8) is 0 Å². The summed E-state index contributed by atoms with van der Waals surface area (Å²) >= 11 is 0. The number of nitrogens with zero attached hydrogens (tertiary/aromatic N) is 4. The molecule has 1 amide bonds. The van der Waals surface area contributed by atoms with Crippen LogP contribution in [0.5, 0.6) is 0 Å². The van der Waals surface area contributed by atoms with E-state index in [1.54, 1.807) is 17.3 Å². The molecule has 0 aliphatic carbocycles. The maximum absolute atomic E-state index is 12.3. The summed E-state index contributed by atoms with van der Waals surface area (Å²) < 4.78 is 0. The SMILES string of the molecule is CN1CCN(C(=O)C(C#N)Cc2ccncc2)CC1. The van der Waals surface area contributed by atoms with Crippen molar-refractivity contribution >= 4 is 5.91 Å². The molecule has 1 saturated heterocycles. The zero-order valence-corrected chi connectivity index (χ0v) is 11.1. The third kappa shape index (κ3) is 3.52. The van der Waals surface area contributed by atoms with Crippen molar-refractivity contribution in [3.05, 3.63) is 30.1 Å². The highest BCUT2D eigenvalue weighted by Crippen LogP contribution is 2.12. The molecule has 1 unspecified atom stereocenters. The molecular weight excluding hydrogens is 240 g/mol. The standard InChI is InChI=1S/C14H18N4O/c1-17-6-8-18(9-7-17)14(19)13(11-15)10-12-2-4-16-5-3-12/h2-5,13H,6-10H2,1H3. The summed E-state index contributed by atoms with van der Waals surface area (Å²) in [4.78, 5) is 20.2. The predicted octanol–water partition coefficient (Wildman–Crippen LogP) is 0.538. The van der Waals surface area contributed by atoms with Gasteiger partial charge < -0.3 is 9.80 Å². The Balaban J connectivity index is 1.98. The van der Waals surface area contributed by atoms with Crippen molar-refractivity contribution in [1.29, 1.82) is 5.26 Å². The molecule has 0 aromatic carbocycles. The van der Waals surface area contributed by atoms with Gasteiger partial charge in [-0.2, -0.15) is 5.26 Å². The molecule has 1 atom stereocenters. The Hall–Kier alpha value is -1.93. The molecule has 0 spiro atoms. The van der Waals surface area contributed by atoms with Crippen LogP contribution in [0.25, 0.3) is 0 Å². The van der Waals surface area contributed by atoms with Gasteiger partial charge in [-0.25, -0.2) is 0 Å². The van der Waals surface area contributed by atoms with Crippen LogP contribution in [0.15, 0.2) is 24.5 Å². The quantitative estimate of drug-likeness (QED) is 0.794. The number of hydrogen-bond donors (Lipinski definition) is 0. The molecule has 100 valence electrons. The van der Waals surface area contributed by atoms with Gasteiger partial charge in [0.2, 0.25) is 5.91 Å². The van der Waals surface area contributed by atoms with Gasteiger partial charge in [-0.1, -0.05) is 0 Å². The Morgan fingerprint density at radius 3 is 2.58 bits per heavy atom. The van der Waals surface area contributed by atoms with Gasteiger partial charge in [0.15, 0.2) is 0 Å². The van der Waals surface area contributed by atoms with Crippen LogP contribution in [0.2, 0.25) is 0 Å². The van der Waals surface area contributed by atoms with Crippen molar-refractivity contribution < 1.29 is 4.79 Å². The molecule has 19 heavy (non-hydrogen) atoms. The van der Waals surface area contributed by atoms with Gasteiger partial charge in [0.25, 0.3) is 0 Å². The summed E-state index contributed by atoms with van der Waals surface area (Å²) in [6, 6.07) is 5.83. The summed E-state index contributed by atoms with van der Waals surface area (Å²) in [6.45, 7) is 3.17. The van der Waals surface area contributed by atoms with Gasteiger partial charge in [-0.15, -0.1) is 0 Å². The number of amides is 1. The number of carbonyl (C=O) groups is 1. The minimum absolute atomic E-state index is 0.0487. The fourth-order valence-electron chi connectivity index (χ4n) is 2.19. The average molecular weight is 258 g/mol. The Morgan fingerprint density at radius 1 is 1.37 bits per heavy atom. The molecule has 1 aliphatic heterocycles. The van der Waals surface area contributed by atoms with Crippen LogP contribution in [-0.4, -0.2) is 53.9 Å². The Kier molecular flexibility index (Phi) is 4.48. The molecule has 0 radical (unpaired) electrons. The average Bonchev–Trinajstić information content (AvgIpc) is 2.46. The van der Waals surface area contributed by atoms with Crippen molar-refractivity contribution in [3.8, 4) is 6.07 Å². The first kappa shape index (κ1) is 13.5. The smallest absolute Gasteiger partial charge is 0.240 e. The van der Waals surface area contributed by atoms with Crippen LogP contribution in [0.1, 0.15) is 5.56 Å². The van der Waals surface area contributed by atoms with E-state index >= 15 is 0 Å². The van der Waals surface area contributed by atoms with Gasteiger partial charge >= 0.3 is 0 Å². The first-order valence-corrected chi connectivity index (χ1v) is 6.46. The highest BCUT2D eigenvalue weighted by Gasteiger charge is 2.26. The summed E-state index contributed by atoms with van der Waals surface area (Å²) in [5.41, 5.74) is 0.976. The number of pyridine rings is 1. The van der Waals surface area contributed by atoms with E-state index in [0.717, 1.165) is 18.7 Å². The monoisotopic (exact) mass is 258 g/mol. The van der Waals surface area contributed by atoms with Crippen molar-refractivity contribution in [2.24, 2.45) is 5.92 Å². The maximum atomic E-state index is 12.3. The van der Waals surface area contributed by atoms with Crippen molar-refractivity contribution in [2.75, 3.05) is 33.2 Å². The minimum Gasteiger partial charge on any atom is -0.339 e. The molecule has 1 aromatic rings. The molecule has 1 fully saturated rings. The van der Waals surface area contributed by atoms with E-state index in [4.69, 9.17) is 0 Å². The third-order valence-corrected chi connectivity index (χ3v) is 3.46. The number of piperazine rings is 1. The van der Waals surface area contributed by atoms with Crippen molar-refractivity contribution in [2.45, 2.75) is 6.42 Å². The first-order chi connectivity index (χ1) is 9.20. The molecule has 0 bridgehead atoms. The summed E-state index contributed by atoms with van der Waals surface area (Å²) in [5, 5.41) is 9.22. The summed E-state index contributed by atoms with van der Waals surface area (Å²) in [6.07, 6.45) is 3.83. The molecule has 5 heteroatoms. The van der Waals surface area contributed by atoms with E-state index in [1.807, 2.05) is 19.2 Å². The molecule has 0 saturated carbocycles. The van der Waals surface area contributed by atoms with Crippen LogP contribution in [-0.2, 0) is 11.2 Å². The second-order valence-corrected chi connectivity index (χ2v) is 4.87. The van der Waals surface area contributed by atoms with E-state index in [9.17, 15) is 10.1 Å². The normalized spacial score (nSPS) is 17.8. The molecule has 1 aliphatic rings. The van der Waals surface area contributed by atoms with E-state index < -0.39 is 5.92 Å². The highest BCUT2D eigenvalue weighted by atomic mass is 16.2. The fraction of sp³-hybridized carbons (Fsp3) is 0.500. The van der Waals surface area contributed by atoms with Crippen molar-refractivity contribution in [1.82, 2.24) is 14.8 Å². The zero-order valence-electron chi connectivity index (χ0n) is 11.1. The molecule has 1 aromatic heterocycles. The number of rotatable bonds is 3. The molecule has 2 rings (SSSR count). The lowest BCUT2D eigenvalue weighted by molar-refractivity contribution is -0.135. The van der Waals surface area contributed by atoms with Crippen LogP contribution in [0.3, 0.4) is 0 Å². The van der Waals surface area contributed by atoms with Crippen LogP contribution in [0.4, 0.5) is 0 Å². The molecule has 2 heterocycles. The molecular formula is C14H18N4O. The van der Waals surface area contributed by atoms with Crippen LogP contribution < -0.4 is 0 Å². The Bertz CT molecular complexity index is 460. The second-order valence-electron chi connectivity index (χ2n) is 4.87. The summed E-state index contributed by atoms with van der Waals surface area (Å²) in [7, 11) is 2.04. The second kappa shape index (κ2) is 6.30. The van der Waals surface area contributed by atoms with Gasteiger partial charge in [-0.3, -0.25) is 9.78 Å². The molecule has 0 N–H and O–H groups in total. The lowest BCUT2D eigenvalue weighted by Crippen LogP contribution is -2.49. The number of nitriles is 1. The number of carbonyl (C=O) groups excluding carboxylic acids is 1. The Morgan fingerprint density at radius 2 is 2.00 bits per heavy atom.